The molecule has 1 atom stereocenters. The maximum Gasteiger partial charge on any atom is 0.251 e. The molecule has 6 nitrogen and oxygen atoms in total. The van der Waals surface area contributed by atoms with Gasteiger partial charge in [0, 0.05) is 35.4 Å². The van der Waals surface area contributed by atoms with Gasteiger partial charge < -0.3 is 19.9 Å². The number of halogens is 3. The van der Waals surface area contributed by atoms with E-state index in [9.17, 15) is 9.90 Å². The van der Waals surface area contributed by atoms with Gasteiger partial charge in [-0.3, -0.25) is 4.79 Å². The van der Waals surface area contributed by atoms with Crippen molar-refractivity contribution in [3.8, 4) is 17.6 Å². The molecule has 0 bridgehead atoms. The zero-order valence-corrected chi connectivity index (χ0v) is 18.2. The highest BCUT2D eigenvalue weighted by Crippen LogP contribution is 2.35. The molecule has 0 aromatic heterocycles. The number of aliphatic hydroxyl groups excluding tert-OH is 1. The number of carbonyl (C=O) groups excluding carboxylic acids is 1. The molecule has 1 amide bonds. The average molecular weight is 475 g/mol. The summed E-state index contributed by atoms with van der Waals surface area (Å²) in [5.41, 5.74) is 1.21. The lowest BCUT2D eigenvalue weighted by Crippen LogP contribution is -2.23. The molecule has 164 valence electrons. The van der Waals surface area contributed by atoms with Crippen LogP contribution in [0.1, 0.15) is 33.3 Å². The van der Waals surface area contributed by atoms with Gasteiger partial charge in [-0.15, -0.1) is 0 Å². The van der Waals surface area contributed by atoms with Crippen molar-refractivity contribution in [1.29, 1.82) is 5.26 Å². The minimum Gasteiger partial charge on any atom is -0.453 e. The fraction of sp³-hybridized carbons (Fsp3) is 0.130. The summed E-state index contributed by atoms with van der Waals surface area (Å²) < 4.78 is 25.4. The van der Waals surface area contributed by atoms with Crippen molar-refractivity contribution in [3.05, 3.63) is 92.7 Å². The van der Waals surface area contributed by atoms with E-state index < -0.39 is 18.0 Å². The Balaban J connectivity index is 1.75. The van der Waals surface area contributed by atoms with Crippen molar-refractivity contribution in [2.24, 2.45) is 0 Å². The number of aliphatic hydroxyl groups is 1. The summed E-state index contributed by atoms with van der Waals surface area (Å²) in [4.78, 5) is 12.4. The van der Waals surface area contributed by atoms with Crippen LogP contribution < -0.4 is 10.1 Å². The standard InChI is InChI=1S/C23H17Cl2FN2O4/c1-31-23(30)15-4-2-14(3-5-15)22(29)28-12-16-6-7-19(25)21(20(16)26)32-18-9-13(11-27)8-17(24)10-18/h2-10,23,30H,12H2,1H3,(H,28,29). The van der Waals surface area contributed by atoms with E-state index in [1.165, 1.54) is 49.6 Å². The highest BCUT2D eigenvalue weighted by atomic mass is 35.5. The summed E-state index contributed by atoms with van der Waals surface area (Å²) in [5, 5.41) is 21.6. The Labute approximate surface area is 193 Å². The number of amides is 1. The first kappa shape index (κ1) is 23.5. The number of hydrogen-bond acceptors (Lipinski definition) is 5. The molecule has 0 spiro atoms. The first-order chi connectivity index (χ1) is 15.3. The van der Waals surface area contributed by atoms with Crippen molar-refractivity contribution in [2.75, 3.05) is 7.11 Å². The van der Waals surface area contributed by atoms with E-state index in [-0.39, 0.29) is 39.2 Å². The third-order valence-corrected chi connectivity index (χ3v) is 4.99. The number of rotatable bonds is 7. The summed E-state index contributed by atoms with van der Waals surface area (Å²) in [6.07, 6.45) is -1.09. The zero-order chi connectivity index (χ0) is 23.3. The first-order valence-corrected chi connectivity index (χ1v) is 10.0. The van der Waals surface area contributed by atoms with Crippen molar-refractivity contribution in [2.45, 2.75) is 12.8 Å². The van der Waals surface area contributed by atoms with Crippen molar-refractivity contribution < 1.29 is 23.8 Å². The number of nitrogens with zero attached hydrogens (tertiary/aromatic N) is 1. The van der Waals surface area contributed by atoms with E-state index in [0.29, 0.717) is 11.1 Å². The quantitative estimate of drug-likeness (QED) is 0.449. The van der Waals surface area contributed by atoms with Crippen LogP contribution >= 0.6 is 23.2 Å². The van der Waals surface area contributed by atoms with Gasteiger partial charge in [0.1, 0.15) is 5.75 Å². The third kappa shape index (κ3) is 5.55. The minimum absolute atomic E-state index is 0.0170. The van der Waals surface area contributed by atoms with Gasteiger partial charge in [0.2, 0.25) is 0 Å². The van der Waals surface area contributed by atoms with Crippen molar-refractivity contribution in [3.63, 3.8) is 0 Å². The maximum atomic E-state index is 15.0. The van der Waals surface area contributed by atoms with Gasteiger partial charge in [-0.2, -0.15) is 5.26 Å². The number of carbonyl (C=O) groups is 1. The van der Waals surface area contributed by atoms with Gasteiger partial charge in [-0.1, -0.05) is 41.4 Å². The molecule has 2 N–H and O–H groups in total. The Bertz CT molecular complexity index is 1180. The molecule has 3 aromatic rings. The molecule has 0 saturated carbocycles. The van der Waals surface area contributed by atoms with Crippen LogP contribution in [0.15, 0.2) is 54.6 Å². The van der Waals surface area contributed by atoms with Crippen LogP contribution in [-0.4, -0.2) is 18.1 Å². The van der Waals surface area contributed by atoms with Crippen LogP contribution in [-0.2, 0) is 11.3 Å². The molecular weight excluding hydrogens is 458 g/mol. The van der Waals surface area contributed by atoms with E-state index in [1.54, 1.807) is 12.1 Å². The predicted molar refractivity (Wildman–Crippen MR) is 117 cm³/mol. The lowest BCUT2D eigenvalue weighted by molar-refractivity contribution is -0.0769. The van der Waals surface area contributed by atoms with Crippen molar-refractivity contribution >= 4 is 29.1 Å². The largest absolute Gasteiger partial charge is 0.453 e. The monoisotopic (exact) mass is 474 g/mol. The molecule has 0 radical (unpaired) electrons. The normalized spacial score (nSPS) is 11.5. The van der Waals surface area contributed by atoms with Crippen LogP contribution in [0.2, 0.25) is 10.0 Å². The van der Waals surface area contributed by atoms with E-state index in [1.807, 2.05) is 6.07 Å². The Hall–Kier alpha value is -3.15. The smallest absolute Gasteiger partial charge is 0.251 e. The molecule has 32 heavy (non-hydrogen) atoms. The van der Waals surface area contributed by atoms with E-state index >= 15 is 4.39 Å². The second kappa shape index (κ2) is 10.4. The molecule has 0 saturated heterocycles. The van der Waals surface area contributed by atoms with Gasteiger partial charge in [0.25, 0.3) is 5.91 Å². The van der Waals surface area contributed by atoms with Crippen LogP contribution in [0.25, 0.3) is 0 Å². The summed E-state index contributed by atoms with van der Waals surface area (Å²) in [7, 11) is 1.36. The topological polar surface area (TPSA) is 91.6 Å². The molecule has 0 aliphatic rings. The minimum atomic E-state index is -1.09. The lowest BCUT2D eigenvalue weighted by Gasteiger charge is -2.13. The number of hydrogen-bond donors (Lipinski definition) is 2. The third-order valence-electron chi connectivity index (χ3n) is 4.47. The highest BCUT2D eigenvalue weighted by Gasteiger charge is 2.17. The van der Waals surface area contributed by atoms with Crippen LogP contribution in [0.4, 0.5) is 4.39 Å². The molecule has 0 fully saturated rings. The van der Waals surface area contributed by atoms with Gasteiger partial charge in [-0.05, 0) is 36.4 Å². The van der Waals surface area contributed by atoms with Crippen LogP contribution in [0.5, 0.6) is 11.5 Å². The fourth-order valence-electron chi connectivity index (χ4n) is 2.82. The molecule has 0 heterocycles. The summed E-state index contributed by atoms with van der Waals surface area (Å²) in [6.45, 7) is -0.125. The summed E-state index contributed by atoms with van der Waals surface area (Å²) in [6, 6.07) is 15.2. The van der Waals surface area contributed by atoms with Crippen molar-refractivity contribution in [1.82, 2.24) is 5.32 Å². The van der Waals surface area contributed by atoms with Gasteiger partial charge in [0.15, 0.2) is 17.9 Å². The molecule has 9 heteroatoms. The number of ether oxygens (including phenoxy) is 2. The predicted octanol–water partition coefficient (Wildman–Crippen LogP) is 5.36. The molecule has 1 unspecified atom stereocenters. The van der Waals surface area contributed by atoms with Gasteiger partial charge >= 0.3 is 0 Å². The molecule has 0 aliphatic heterocycles. The SMILES string of the molecule is COC(O)c1ccc(C(=O)NCc2ccc(Cl)c(Oc3cc(Cl)cc(C#N)c3)c2F)cc1. The molecule has 0 aliphatic carbocycles. The second-order valence-electron chi connectivity index (χ2n) is 6.63. The Morgan fingerprint density at radius 2 is 1.91 bits per heavy atom. The Kier molecular flexibility index (Phi) is 7.67. The second-order valence-corrected chi connectivity index (χ2v) is 7.48. The Morgan fingerprint density at radius 3 is 2.56 bits per heavy atom. The summed E-state index contributed by atoms with van der Waals surface area (Å²) in [5.74, 6) is -1.29. The number of nitrogens with one attached hydrogen (secondary N) is 1. The number of methoxy groups -OCH3 is 1. The zero-order valence-electron chi connectivity index (χ0n) is 16.7. The van der Waals surface area contributed by atoms with Crippen LogP contribution in [0.3, 0.4) is 0 Å². The van der Waals surface area contributed by atoms with Crippen LogP contribution in [0, 0.1) is 17.1 Å². The highest BCUT2D eigenvalue weighted by molar-refractivity contribution is 6.32. The number of nitriles is 1. The van der Waals surface area contributed by atoms with E-state index in [4.69, 9.17) is 37.9 Å². The Morgan fingerprint density at radius 1 is 1.19 bits per heavy atom. The van der Waals surface area contributed by atoms with E-state index in [0.717, 1.165) is 0 Å². The number of benzene rings is 3. The molecule has 3 rings (SSSR count). The average Bonchev–Trinajstić information content (AvgIpc) is 2.80. The molecular formula is C23H17Cl2FN2O4. The van der Waals surface area contributed by atoms with Gasteiger partial charge in [0.05, 0.1) is 16.7 Å². The summed E-state index contributed by atoms with van der Waals surface area (Å²) >= 11 is 12.1. The van der Waals surface area contributed by atoms with E-state index in [2.05, 4.69) is 5.32 Å². The maximum absolute atomic E-state index is 15.0. The molecule has 3 aromatic carbocycles. The first-order valence-electron chi connectivity index (χ1n) is 9.26. The fourth-order valence-corrected chi connectivity index (χ4v) is 3.23. The lowest BCUT2D eigenvalue weighted by atomic mass is 10.1. The van der Waals surface area contributed by atoms with Gasteiger partial charge in [-0.25, -0.2) is 4.39 Å².